The number of hydrogen-bond donors (Lipinski definition) is 3. The van der Waals surface area contributed by atoms with Crippen LogP contribution < -0.4 is 20.9 Å². The molecule has 0 unspecified atom stereocenters. The molecule has 3 fully saturated rings. The molecule has 11 nitrogen and oxygen atoms in total. The number of anilines is 2. The van der Waals surface area contributed by atoms with Gasteiger partial charge in [0.2, 0.25) is 11.8 Å². The third kappa shape index (κ3) is 9.04. The summed E-state index contributed by atoms with van der Waals surface area (Å²) >= 11 is 0. The van der Waals surface area contributed by atoms with Gasteiger partial charge in [-0.15, -0.1) is 0 Å². The number of imide groups is 1. The van der Waals surface area contributed by atoms with Crippen molar-refractivity contribution in [3.05, 3.63) is 58.7 Å². The van der Waals surface area contributed by atoms with Crippen LogP contribution in [0.25, 0.3) is 0 Å². The minimum absolute atomic E-state index is 0.173. The maximum absolute atomic E-state index is 15.0. The van der Waals surface area contributed by atoms with Crippen molar-refractivity contribution < 1.29 is 32.7 Å². The Labute approximate surface area is 298 Å². The smallest absolute Gasteiger partial charge is 0.338 e. The van der Waals surface area contributed by atoms with E-state index in [0.29, 0.717) is 41.9 Å². The standard InChI is InChI=1S/C38H50F2N6O5/c1-38(2,3)51-37(50)26-4-5-32(30(40)18-26)45-16-10-25(11-17-45)22-44-14-8-24(9-15-44)21-41-12-13-42-31-19-27-23-46(36(49)28(27)20-29(31)39)33-6-7-34(47)43-35(33)48/h4-5,18-20,24-25,33,41-42H,6-17,21-23H2,1-3H3,(H,43,47,48)/t33-/m0/s1. The van der Waals surface area contributed by atoms with Crippen molar-refractivity contribution in [3.63, 3.8) is 0 Å². The van der Waals surface area contributed by atoms with Crippen LogP contribution in [0.3, 0.4) is 0 Å². The predicted molar refractivity (Wildman–Crippen MR) is 189 cm³/mol. The van der Waals surface area contributed by atoms with E-state index in [0.717, 1.165) is 65.0 Å². The minimum Gasteiger partial charge on any atom is -0.456 e. The molecule has 3 amide bonds. The third-order valence-electron chi connectivity index (χ3n) is 10.4. The van der Waals surface area contributed by atoms with Crippen molar-refractivity contribution in [3.8, 4) is 0 Å². The Kier molecular flexibility index (Phi) is 11.3. The van der Waals surface area contributed by atoms with Crippen LogP contribution in [-0.4, -0.2) is 97.5 Å². The number of amides is 3. The summed E-state index contributed by atoms with van der Waals surface area (Å²) in [6.07, 6.45) is 4.67. The molecule has 0 radical (unpaired) electrons. The Bertz CT molecular complexity index is 1630. The summed E-state index contributed by atoms with van der Waals surface area (Å²) in [6.45, 7) is 12.4. The lowest BCUT2D eigenvalue weighted by Gasteiger charge is -2.38. The highest BCUT2D eigenvalue weighted by atomic mass is 19.1. The van der Waals surface area contributed by atoms with Crippen molar-refractivity contribution in [2.24, 2.45) is 11.8 Å². The number of nitrogens with one attached hydrogen (secondary N) is 3. The lowest BCUT2D eigenvalue weighted by Crippen LogP contribution is -2.52. The summed E-state index contributed by atoms with van der Waals surface area (Å²) in [4.78, 5) is 55.1. The van der Waals surface area contributed by atoms with Crippen molar-refractivity contribution in [2.45, 2.75) is 77.5 Å². The van der Waals surface area contributed by atoms with Crippen molar-refractivity contribution in [1.82, 2.24) is 20.4 Å². The van der Waals surface area contributed by atoms with Gasteiger partial charge in [-0.3, -0.25) is 19.7 Å². The lowest BCUT2D eigenvalue weighted by atomic mass is 9.92. The fourth-order valence-corrected chi connectivity index (χ4v) is 7.64. The molecule has 0 aromatic heterocycles. The van der Waals surface area contributed by atoms with Gasteiger partial charge in [0.1, 0.15) is 23.3 Å². The van der Waals surface area contributed by atoms with Crippen LogP contribution in [0.15, 0.2) is 30.3 Å². The molecule has 0 saturated carbocycles. The molecule has 2 aromatic carbocycles. The maximum Gasteiger partial charge on any atom is 0.338 e. The van der Waals surface area contributed by atoms with E-state index in [1.807, 2.05) is 0 Å². The third-order valence-corrected chi connectivity index (χ3v) is 10.4. The second-order valence-electron chi connectivity index (χ2n) is 15.4. The molecule has 13 heteroatoms. The molecule has 276 valence electrons. The van der Waals surface area contributed by atoms with Crippen LogP contribution in [0, 0.1) is 23.5 Å². The number of rotatable bonds is 11. The van der Waals surface area contributed by atoms with Crippen LogP contribution in [0.1, 0.15) is 85.6 Å². The number of carbonyl (C=O) groups excluding carboxylic acids is 4. The van der Waals surface area contributed by atoms with Gasteiger partial charge < -0.3 is 30.1 Å². The molecule has 0 aliphatic carbocycles. The largest absolute Gasteiger partial charge is 0.456 e. The fourth-order valence-electron chi connectivity index (χ4n) is 7.64. The molecule has 4 heterocycles. The second kappa shape index (κ2) is 15.6. The van der Waals surface area contributed by atoms with Crippen LogP contribution >= 0.6 is 0 Å². The summed E-state index contributed by atoms with van der Waals surface area (Å²) in [6, 6.07) is 6.78. The first-order valence-electron chi connectivity index (χ1n) is 18.3. The molecule has 6 rings (SSSR count). The zero-order valence-corrected chi connectivity index (χ0v) is 29.9. The topological polar surface area (TPSA) is 123 Å². The highest BCUT2D eigenvalue weighted by Crippen LogP contribution is 2.32. The van der Waals surface area contributed by atoms with Crippen molar-refractivity contribution >= 4 is 35.1 Å². The highest BCUT2D eigenvalue weighted by Gasteiger charge is 2.39. The van der Waals surface area contributed by atoms with Gasteiger partial charge in [0.25, 0.3) is 5.91 Å². The Morgan fingerprint density at radius 1 is 0.922 bits per heavy atom. The number of piperidine rings is 3. The Morgan fingerprint density at radius 3 is 2.33 bits per heavy atom. The Morgan fingerprint density at radius 2 is 1.65 bits per heavy atom. The van der Waals surface area contributed by atoms with Crippen molar-refractivity contribution in [1.29, 1.82) is 0 Å². The number of halogens is 2. The zero-order chi connectivity index (χ0) is 36.3. The van der Waals surface area contributed by atoms with Crippen LogP contribution in [0.4, 0.5) is 20.2 Å². The van der Waals surface area contributed by atoms with Gasteiger partial charge in [-0.2, -0.15) is 0 Å². The maximum atomic E-state index is 15.0. The van der Waals surface area contributed by atoms with E-state index in [-0.39, 0.29) is 42.3 Å². The predicted octanol–water partition coefficient (Wildman–Crippen LogP) is 4.31. The quantitative estimate of drug-likeness (QED) is 0.178. The van der Waals surface area contributed by atoms with Gasteiger partial charge in [-0.25, -0.2) is 13.6 Å². The van der Waals surface area contributed by atoms with E-state index in [1.165, 1.54) is 17.0 Å². The first-order chi connectivity index (χ1) is 24.3. The number of fused-ring (bicyclic) bond motifs is 1. The lowest BCUT2D eigenvalue weighted by molar-refractivity contribution is -0.136. The van der Waals surface area contributed by atoms with E-state index >= 15 is 0 Å². The van der Waals surface area contributed by atoms with Gasteiger partial charge in [0, 0.05) is 51.3 Å². The molecule has 1 atom stereocenters. The van der Waals surface area contributed by atoms with Gasteiger partial charge in [-0.05, 0) is 120 Å². The highest BCUT2D eigenvalue weighted by molar-refractivity contribution is 6.05. The monoisotopic (exact) mass is 708 g/mol. The number of esters is 1. The number of nitrogens with zero attached hydrogens (tertiary/aromatic N) is 3. The number of carbonyl (C=O) groups is 4. The number of ether oxygens (including phenoxy) is 1. The summed E-state index contributed by atoms with van der Waals surface area (Å²) in [5, 5.41) is 8.93. The van der Waals surface area contributed by atoms with E-state index in [2.05, 4.69) is 25.8 Å². The Balaban J connectivity index is 0.865. The van der Waals surface area contributed by atoms with Crippen molar-refractivity contribution in [2.75, 3.05) is 62.6 Å². The first kappa shape index (κ1) is 36.7. The van der Waals surface area contributed by atoms with Gasteiger partial charge in [-0.1, -0.05) is 0 Å². The summed E-state index contributed by atoms with van der Waals surface area (Å²) < 4.78 is 35.3. The average Bonchev–Trinajstić information content (AvgIpc) is 3.39. The molecule has 4 aliphatic heterocycles. The summed E-state index contributed by atoms with van der Waals surface area (Å²) in [7, 11) is 0. The van der Waals surface area contributed by atoms with Gasteiger partial charge >= 0.3 is 5.97 Å². The van der Waals surface area contributed by atoms with E-state index in [4.69, 9.17) is 4.74 Å². The van der Waals surface area contributed by atoms with E-state index < -0.39 is 35.2 Å². The molecule has 3 saturated heterocycles. The molecular weight excluding hydrogens is 658 g/mol. The molecule has 0 spiro atoms. The molecule has 3 N–H and O–H groups in total. The summed E-state index contributed by atoms with van der Waals surface area (Å²) in [5.41, 5.74) is 1.39. The molecule has 0 bridgehead atoms. The van der Waals surface area contributed by atoms with Gasteiger partial charge in [0.15, 0.2) is 0 Å². The van der Waals surface area contributed by atoms with E-state index in [9.17, 15) is 28.0 Å². The van der Waals surface area contributed by atoms with Crippen LogP contribution in [-0.2, 0) is 20.9 Å². The molecule has 2 aromatic rings. The Hall–Kier alpha value is -4.10. The zero-order valence-electron chi connectivity index (χ0n) is 29.9. The van der Waals surface area contributed by atoms with Crippen LogP contribution in [0.5, 0.6) is 0 Å². The summed E-state index contributed by atoms with van der Waals surface area (Å²) in [5.74, 6) is -1.48. The van der Waals surface area contributed by atoms with Crippen LogP contribution in [0.2, 0.25) is 0 Å². The average molecular weight is 709 g/mol. The molecule has 4 aliphatic rings. The van der Waals surface area contributed by atoms with E-state index in [1.54, 1.807) is 39.0 Å². The SMILES string of the molecule is CC(C)(C)OC(=O)c1ccc(N2CCC(CN3CCC(CNCCNc4cc5c(cc4F)C(=O)N([C@H]4CCC(=O)NC4=O)C5)CC3)CC2)c(F)c1. The molecular formula is C38H50F2N6O5. The molecule has 51 heavy (non-hydrogen) atoms. The second-order valence-corrected chi connectivity index (χ2v) is 15.4. The minimum atomic E-state index is -0.728. The normalized spacial score (nSPS) is 20.8. The number of benzene rings is 2. The fraction of sp³-hybridized carbons (Fsp3) is 0.579. The van der Waals surface area contributed by atoms with Gasteiger partial charge in [0.05, 0.1) is 16.9 Å². The number of hydrogen-bond acceptors (Lipinski definition) is 9. The number of likely N-dealkylation sites (tertiary alicyclic amines) is 1. The first-order valence-corrected chi connectivity index (χ1v) is 18.3.